The summed E-state index contributed by atoms with van der Waals surface area (Å²) in [5.41, 5.74) is 0.488. The lowest BCUT2D eigenvalue weighted by Crippen LogP contribution is -2.42. The minimum absolute atomic E-state index is 0.156. The van der Waals surface area contributed by atoms with E-state index in [2.05, 4.69) is 25.5 Å². The highest BCUT2D eigenvalue weighted by Crippen LogP contribution is 2.34. The van der Waals surface area contributed by atoms with Crippen LogP contribution in [-0.4, -0.2) is 48.2 Å². The molecule has 1 aromatic carbocycles. The summed E-state index contributed by atoms with van der Waals surface area (Å²) in [5.74, 6) is 1.02. The molecule has 2 aliphatic heterocycles. The van der Waals surface area contributed by atoms with Crippen LogP contribution in [0.3, 0.4) is 0 Å². The molecule has 28 heavy (non-hydrogen) atoms. The van der Waals surface area contributed by atoms with Gasteiger partial charge in [-0.05, 0) is 30.9 Å². The minimum atomic E-state index is -0.698. The normalized spacial score (nSPS) is 15.9. The number of nitrogens with zero attached hydrogens (tertiary/aromatic N) is 3. The first-order valence-electron chi connectivity index (χ1n) is 9.19. The van der Waals surface area contributed by atoms with E-state index in [1.165, 1.54) is 0 Å². The third-order valence-corrected chi connectivity index (χ3v) is 4.88. The lowest BCUT2D eigenvalue weighted by molar-refractivity contribution is -0.136. The standard InChI is InChI=1S/C19H21N5O4/c25-18(19(26)23-14-1-2-15-16(9-14)28-12-27-15)22-10-13-3-7-24(8-4-13)17-11-20-5-6-21-17/h1-2,5-6,9,11,13H,3-4,7-8,10,12H2,(H,22,25)(H,23,26). The molecule has 0 aliphatic carbocycles. The van der Waals surface area contributed by atoms with Crippen molar-refractivity contribution >= 4 is 23.3 Å². The highest BCUT2D eigenvalue weighted by molar-refractivity contribution is 6.39. The molecule has 3 heterocycles. The molecule has 0 bridgehead atoms. The number of carbonyl (C=O) groups is 2. The molecule has 9 nitrogen and oxygen atoms in total. The summed E-state index contributed by atoms with van der Waals surface area (Å²) in [6.45, 7) is 2.33. The van der Waals surface area contributed by atoms with E-state index in [-0.39, 0.29) is 6.79 Å². The molecule has 1 saturated heterocycles. The van der Waals surface area contributed by atoms with Crippen molar-refractivity contribution in [2.45, 2.75) is 12.8 Å². The maximum atomic E-state index is 12.1. The average molecular weight is 383 g/mol. The molecule has 0 radical (unpaired) electrons. The number of nitrogens with one attached hydrogen (secondary N) is 2. The Hall–Kier alpha value is -3.36. The summed E-state index contributed by atoms with van der Waals surface area (Å²) in [5, 5.41) is 5.30. The predicted molar refractivity (Wildman–Crippen MR) is 101 cm³/mol. The van der Waals surface area contributed by atoms with Crippen molar-refractivity contribution in [3.8, 4) is 11.5 Å². The number of anilines is 2. The second-order valence-corrected chi connectivity index (χ2v) is 6.73. The van der Waals surface area contributed by atoms with Gasteiger partial charge in [0.1, 0.15) is 5.82 Å². The number of hydrogen-bond donors (Lipinski definition) is 2. The summed E-state index contributed by atoms with van der Waals surface area (Å²) >= 11 is 0. The summed E-state index contributed by atoms with van der Waals surface area (Å²) in [7, 11) is 0. The van der Waals surface area contributed by atoms with Gasteiger partial charge < -0.3 is 25.0 Å². The van der Waals surface area contributed by atoms with Crippen LogP contribution in [0, 0.1) is 5.92 Å². The molecule has 146 valence electrons. The average Bonchev–Trinajstić information content (AvgIpc) is 3.21. The van der Waals surface area contributed by atoms with E-state index in [1.807, 2.05) is 0 Å². The van der Waals surface area contributed by atoms with Gasteiger partial charge >= 0.3 is 11.8 Å². The largest absolute Gasteiger partial charge is 0.454 e. The number of hydrogen-bond acceptors (Lipinski definition) is 7. The van der Waals surface area contributed by atoms with Gasteiger partial charge in [0, 0.05) is 43.8 Å². The summed E-state index contributed by atoms with van der Waals surface area (Å²) in [6.07, 6.45) is 6.92. The third-order valence-electron chi connectivity index (χ3n) is 4.88. The number of piperidine rings is 1. The molecule has 0 saturated carbocycles. The lowest BCUT2D eigenvalue weighted by atomic mass is 9.97. The van der Waals surface area contributed by atoms with Crippen LogP contribution in [0.25, 0.3) is 0 Å². The number of ether oxygens (including phenoxy) is 2. The fourth-order valence-electron chi connectivity index (χ4n) is 3.30. The van der Waals surface area contributed by atoms with Crippen LogP contribution in [-0.2, 0) is 9.59 Å². The Balaban J connectivity index is 1.22. The van der Waals surface area contributed by atoms with Gasteiger partial charge in [-0.15, -0.1) is 0 Å². The van der Waals surface area contributed by atoms with Crippen LogP contribution < -0.4 is 25.0 Å². The van der Waals surface area contributed by atoms with E-state index in [9.17, 15) is 9.59 Å². The van der Waals surface area contributed by atoms with Crippen LogP contribution in [0.4, 0.5) is 11.5 Å². The van der Waals surface area contributed by atoms with Gasteiger partial charge in [-0.1, -0.05) is 0 Å². The van der Waals surface area contributed by atoms with Gasteiger partial charge in [-0.3, -0.25) is 14.6 Å². The van der Waals surface area contributed by atoms with Crippen LogP contribution >= 0.6 is 0 Å². The van der Waals surface area contributed by atoms with Crippen molar-refractivity contribution < 1.29 is 19.1 Å². The van der Waals surface area contributed by atoms with Gasteiger partial charge in [0.2, 0.25) is 6.79 Å². The van der Waals surface area contributed by atoms with E-state index in [4.69, 9.17) is 9.47 Å². The number of fused-ring (bicyclic) bond motifs is 1. The molecule has 0 unspecified atom stereocenters. The topological polar surface area (TPSA) is 106 Å². The van der Waals surface area contributed by atoms with Crippen LogP contribution in [0.1, 0.15) is 12.8 Å². The van der Waals surface area contributed by atoms with Crippen molar-refractivity contribution in [2.24, 2.45) is 5.92 Å². The van der Waals surface area contributed by atoms with E-state index in [1.54, 1.807) is 36.8 Å². The Morgan fingerprint density at radius 3 is 2.71 bits per heavy atom. The Morgan fingerprint density at radius 1 is 1.11 bits per heavy atom. The van der Waals surface area contributed by atoms with Gasteiger partial charge in [-0.2, -0.15) is 0 Å². The molecule has 2 N–H and O–H groups in total. The van der Waals surface area contributed by atoms with Gasteiger partial charge in [-0.25, -0.2) is 4.98 Å². The fourth-order valence-corrected chi connectivity index (χ4v) is 3.30. The van der Waals surface area contributed by atoms with Crippen molar-refractivity contribution in [3.63, 3.8) is 0 Å². The predicted octanol–water partition coefficient (Wildman–Crippen LogP) is 1.18. The van der Waals surface area contributed by atoms with Gasteiger partial charge in [0.05, 0.1) is 6.20 Å². The third kappa shape index (κ3) is 4.13. The zero-order chi connectivity index (χ0) is 19.3. The van der Waals surface area contributed by atoms with E-state index < -0.39 is 11.8 Å². The molecular weight excluding hydrogens is 362 g/mol. The smallest absolute Gasteiger partial charge is 0.313 e. The zero-order valence-corrected chi connectivity index (χ0v) is 15.3. The molecule has 9 heteroatoms. The second-order valence-electron chi connectivity index (χ2n) is 6.73. The number of carbonyl (C=O) groups excluding carboxylic acids is 2. The molecule has 2 amide bonds. The summed E-state index contributed by atoms with van der Waals surface area (Å²) in [4.78, 5) is 34.8. The van der Waals surface area contributed by atoms with Gasteiger partial charge in [0.25, 0.3) is 0 Å². The van der Waals surface area contributed by atoms with Gasteiger partial charge in [0.15, 0.2) is 11.5 Å². The zero-order valence-electron chi connectivity index (χ0n) is 15.3. The van der Waals surface area contributed by atoms with Crippen LogP contribution in [0.2, 0.25) is 0 Å². The molecule has 2 aromatic rings. The fraction of sp³-hybridized carbons (Fsp3) is 0.368. The van der Waals surface area contributed by atoms with E-state index in [0.29, 0.717) is 29.6 Å². The van der Waals surface area contributed by atoms with Crippen molar-refractivity contribution in [1.82, 2.24) is 15.3 Å². The molecule has 0 atom stereocenters. The van der Waals surface area contributed by atoms with Crippen LogP contribution in [0.5, 0.6) is 11.5 Å². The maximum Gasteiger partial charge on any atom is 0.313 e. The highest BCUT2D eigenvalue weighted by Gasteiger charge is 2.22. The Labute approximate surface area is 162 Å². The van der Waals surface area contributed by atoms with Crippen molar-refractivity contribution in [1.29, 1.82) is 0 Å². The number of aromatic nitrogens is 2. The lowest BCUT2D eigenvalue weighted by Gasteiger charge is -2.32. The second kappa shape index (κ2) is 8.12. The first kappa shape index (κ1) is 18.0. The van der Waals surface area contributed by atoms with Crippen LogP contribution in [0.15, 0.2) is 36.8 Å². The summed E-state index contributed by atoms with van der Waals surface area (Å²) < 4.78 is 10.5. The molecular formula is C19H21N5O4. The number of amides is 2. The quantitative estimate of drug-likeness (QED) is 0.764. The Kier molecular flexibility index (Phi) is 5.22. The first-order valence-corrected chi connectivity index (χ1v) is 9.19. The molecule has 1 fully saturated rings. The molecule has 4 rings (SSSR count). The Bertz CT molecular complexity index is 853. The Morgan fingerprint density at radius 2 is 1.93 bits per heavy atom. The first-order chi connectivity index (χ1) is 13.7. The molecule has 2 aliphatic rings. The van der Waals surface area contributed by atoms with Crippen molar-refractivity contribution in [2.75, 3.05) is 36.6 Å². The van der Waals surface area contributed by atoms with Crippen molar-refractivity contribution in [3.05, 3.63) is 36.8 Å². The molecule has 1 aromatic heterocycles. The number of rotatable bonds is 4. The van der Waals surface area contributed by atoms with E-state index >= 15 is 0 Å². The molecule has 0 spiro atoms. The minimum Gasteiger partial charge on any atom is -0.454 e. The SMILES string of the molecule is O=C(NCC1CCN(c2cnccn2)CC1)C(=O)Nc1ccc2c(c1)OCO2. The van der Waals surface area contributed by atoms with E-state index in [0.717, 1.165) is 31.7 Å². The maximum absolute atomic E-state index is 12.1. The monoisotopic (exact) mass is 383 g/mol. The highest BCUT2D eigenvalue weighted by atomic mass is 16.7. The summed E-state index contributed by atoms with van der Waals surface area (Å²) in [6, 6.07) is 5.00. The number of benzene rings is 1.